The third kappa shape index (κ3) is 8.10. The molecular formula is C43H22F6N4. The summed E-state index contributed by atoms with van der Waals surface area (Å²) in [6.45, 7) is 0. The summed E-state index contributed by atoms with van der Waals surface area (Å²) in [6, 6.07) is 24.9. The lowest BCUT2D eigenvalue weighted by Gasteiger charge is -2.38. The first-order chi connectivity index (χ1) is 25.5. The van der Waals surface area contributed by atoms with Crippen molar-refractivity contribution in [2.75, 3.05) is 0 Å². The van der Waals surface area contributed by atoms with Crippen LogP contribution in [0.1, 0.15) is 56.2 Å². The Morgan fingerprint density at radius 2 is 0.642 bits per heavy atom. The highest BCUT2D eigenvalue weighted by Gasteiger charge is 2.72. The van der Waals surface area contributed by atoms with E-state index < -0.39 is 28.9 Å². The second-order valence-electron chi connectivity index (χ2n) is 11.1. The molecule has 0 atom stereocenters. The average Bonchev–Trinajstić information content (AvgIpc) is 3.16. The molecule has 0 radical (unpaired) electrons. The molecule has 4 aromatic heterocycles. The summed E-state index contributed by atoms with van der Waals surface area (Å²) in [4.78, 5) is 16.4. The number of pyridine rings is 4. The fourth-order valence-corrected chi connectivity index (χ4v) is 5.23. The van der Waals surface area contributed by atoms with Gasteiger partial charge in [-0.2, -0.15) is 26.3 Å². The van der Waals surface area contributed by atoms with Crippen LogP contribution in [-0.2, 0) is 5.41 Å². The van der Waals surface area contributed by atoms with Crippen molar-refractivity contribution in [3.8, 4) is 47.4 Å². The Hall–Kier alpha value is -7.14. The third-order valence-electron chi connectivity index (χ3n) is 7.72. The van der Waals surface area contributed by atoms with Gasteiger partial charge in [-0.1, -0.05) is 60.1 Å². The molecule has 0 bridgehead atoms. The SMILES string of the molecule is FC(F)(F)C(c1ccc(C#Cc2ccccn2)c(C#Cc2ccccn2)c1)(c1ccc(C#Cc2ccccn2)c(C#Cc2ccccn2)c1)C(F)(F)F. The predicted molar refractivity (Wildman–Crippen MR) is 187 cm³/mol. The van der Waals surface area contributed by atoms with Crippen molar-refractivity contribution in [3.05, 3.63) is 190 Å². The number of alkyl halides is 6. The smallest absolute Gasteiger partial charge is 0.248 e. The van der Waals surface area contributed by atoms with Crippen molar-refractivity contribution >= 4 is 0 Å². The number of rotatable bonds is 2. The van der Waals surface area contributed by atoms with Gasteiger partial charge in [-0.25, -0.2) is 19.9 Å². The maximum absolute atomic E-state index is 15.5. The van der Waals surface area contributed by atoms with Gasteiger partial charge in [-0.15, -0.1) is 0 Å². The van der Waals surface area contributed by atoms with E-state index in [0.717, 1.165) is 36.4 Å². The van der Waals surface area contributed by atoms with E-state index in [1.54, 1.807) is 72.8 Å². The first-order valence-electron chi connectivity index (χ1n) is 15.7. The quantitative estimate of drug-likeness (QED) is 0.134. The zero-order chi connectivity index (χ0) is 37.3. The van der Waals surface area contributed by atoms with Gasteiger partial charge in [0.05, 0.1) is 0 Å². The third-order valence-corrected chi connectivity index (χ3v) is 7.72. The van der Waals surface area contributed by atoms with Crippen LogP contribution in [0.25, 0.3) is 0 Å². The van der Waals surface area contributed by atoms with Gasteiger partial charge in [-0.3, -0.25) is 0 Å². The second-order valence-corrected chi connectivity index (χ2v) is 11.1. The summed E-state index contributed by atoms with van der Waals surface area (Å²) in [5.41, 5.74) is -5.78. The Balaban J connectivity index is 1.59. The summed E-state index contributed by atoms with van der Waals surface area (Å²) in [6.07, 6.45) is -5.88. The zero-order valence-electron chi connectivity index (χ0n) is 27.3. The highest BCUT2D eigenvalue weighted by atomic mass is 19.4. The largest absolute Gasteiger partial charge is 0.411 e. The van der Waals surface area contributed by atoms with Gasteiger partial charge in [0, 0.05) is 47.0 Å². The fraction of sp³-hybridized carbons (Fsp3) is 0.0698. The van der Waals surface area contributed by atoms with Gasteiger partial charge in [0.2, 0.25) is 5.41 Å². The van der Waals surface area contributed by atoms with E-state index in [4.69, 9.17) is 0 Å². The number of benzene rings is 2. The maximum atomic E-state index is 15.5. The molecule has 6 rings (SSSR count). The molecule has 0 aliphatic carbocycles. The first kappa shape index (κ1) is 35.7. The van der Waals surface area contributed by atoms with Crippen LogP contribution in [0.4, 0.5) is 26.3 Å². The number of hydrogen-bond donors (Lipinski definition) is 0. The van der Waals surface area contributed by atoms with Gasteiger partial charge in [0.1, 0.15) is 22.8 Å². The molecule has 0 saturated heterocycles. The van der Waals surface area contributed by atoms with Crippen molar-refractivity contribution in [1.29, 1.82) is 0 Å². The standard InChI is InChI=1S/C43H22F6N4/c44-42(45,46)41(43(47,48)49,35-19-13-31(15-21-37-9-1-5-25-50-37)33(29-35)17-23-39-11-3-7-27-52-39)36-20-14-32(16-22-38-10-2-6-26-51-38)34(30-36)18-24-40-12-4-8-28-53-40/h1-14,19-20,25-30H. The Kier molecular flexibility index (Phi) is 10.4. The van der Waals surface area contributed by atoms with Crippen molar-refractivity contribution in [2.24, 2.45) is 0 Å². The normalized spacial score (nSPS) is 11.0. The number of hydrogen-bond acceptors (Lipinski definition) is 4. The number of aromatic nitrogens is 4. The molecule has 6 aromatic rings. The van der Waals surface area contributed by atoms with E-state index in [9.17, 15) is 0 Å². The molecule has 2 aromatic carbocycles. The zero-order valence-corrected chi connectivity index (χ0v) is 27.3. The second kappa shape index (κ2) is 15.4. The number of nitrogens with zero attached hydrogens (tertiary/aromatic N) is 4. The molecule has 0 spiro atoms. The Morgan fingerprint density at radius 3 is 0.906 bits per heavy atom. The number of halogens is 6. The van der Waals surface area contributed by atoms with Crippen molar-refractivity contribution in [3.63, 3.8) is 0 Å². The lowest BCUT2D eigenvalue weighted by atomic mass is 9.71. The van der Waals surface area contributed by atoms with E-state index in [0.29, 0.717) is 11.4 Å². The minimum Gasteiger partial charge on any atom is -0.248 e. The van der Waals surface area contributed by atoms with E-state index in [2.05, 4.69) is 67.3 Å². The van der Waals surface area contributed by atoms with E-state index in [1.807, 2.05) is 0 Å². The van der Waals surface area contributed by atoms with Crippen LogP contribution in [0.2, 0.25) is 0 Å². The van der Waals surface area contributed by atoms with Crippen LogP contribution >= 0.6 is 0 Å². The highest BCUT2D eigenvalue weighted by Crippen LogP contribution is 2.56. The topological polar surface area (TPSA) is 51.6 Å². The summed E-state index contributed by atoms with van der Waals surface area (Å²) in [5.74, 6) is 22.0. The summed E-state index contributed by atoms with van der Waals surface area (Å²) in [5, 5.41) is 0. The molecule has 0 amide bonds. The molecule has 0 unspecified atom stereocenters. The molecule has 4 nitrogen and oxygen atoms in total. The lowest BCUT2D eigenvalue weighted by Crippen LogP contribution is -2.54. The van der Waals surface area contributed by atoms with Crippen LogP contribution in [0.15, 0.2) is 134 Å². The van der Waals surface area contributed by atoms with Gasteiger partial charge in [-0.05, 0) is 108 Å². The summed E-state index contributed by atoms with van der Waals surface area (Å²) in [7, 11) is 0. The molecule has 4 heterocycles. The van der Waals surface area contributed by atoms with Gasteiger partial charge in [0.15, 0.2) is 0 Å². The van der Waals surface area contributed by atoms with Gasteiger partial charge >= 0.3 is 12.4 Å². The van der Waals surface area contributed by atoms with Crippen molar-refractivity contribution < 1.29 is 26.3 Å². The Morgan fingerprint density at radius 1 is 0.340 bits per heavy atom. The molecule has 10 heteroatoms. The van der Waals surface area contributed by atoms with Crippen LogP contribution in [0.3, 0.4) is 0 Å². The van der Waals surface area contributed by atoms with Crippen LogP contribution in [0.5, 0.6) is 0 Å². The van der Waals surface area contributed by atoms with E-state index >= 15 is 26.3 Å². The predicted octanol–water partition coefficient (Wildman–Crippen LogP) is 8.28. The Bertz CT molecular complexity index is 2310. The molecule has 0 aliphatic heterocycles. The molecule has 0 saturated carbocycles. The maximum Gasteiger partial charge on any atom is 0.411 e. The summed E-state index contributed by atoms with van der Waals surface area (Å²) >= 11 is 0. The van der Waals surface area contributed by atoms with Gasteiger partial charge in [0.25, 0.3) is 0 Å². The summed E-state index contributed by atoms with van der Waals surface area (Å²) < 4.78 is 92.8. The molecule has 0 aliphatic rings. The minimum absolute atomic E-state index is 0.0862. The average molecular weight is 709 g/mol. The van der Waals surface area contributed by atoms with Gasteiger partial charge < -0.3 is 0 Å². The van der Waals surface area contributed by atoms with Crippen LogP contribution < -0.4 is 0 Å². The van der Waals surface area contributed by atoms with E-state index in [1.165, 1.54) is 24.8 Å². The van der Waals surface area contributed by atoms with Crippen molar-refractivity contribution in [2.45, 2.75) is 17.8 Å². The van der Waals surface area contributed by atoms with Crippen LogP contribution in [0, 0.1) is 47.4 Å². The van der Waals surface area contributed by atoms with Crippen molar-refractivity contribution in [1.82, 2.24) is 19.9 Å². The van der Waals surface area contributed by atoms with Crippen LogP contribution in [-0.4, -0.2) is 32.3 Å². The van der Waals surface area contributed by atoms with E-state index in [-0.39, 0.29) is 33.6 Å². The highest BCUT2D eigenvalue weighted by molar-refractivity contribution is 5.60. The monoisotopic (exact) mass is 708 g/mol. The molecular weight excluding hydrogens is 686 g/mol. The fourth-order valence-electron chi connectivity index (χ4n) is 5.23. The lowest BCUT2D eigenvalue weighted by molar-refractivity contribution is -0.288. The molecule has 0 N–H and O–H groups in total. The Labute approximate surface area is 301 Å². The molecule has 53 heavy (non-hydrogen) atoms. The minimum atomic E-state index is -5.90. The molecule has 0 fully saturated rings. The first-order valence-corrected chi connectivity index (χ1v) is 15.7. The molecule has 256 valence electrons.